The minimum Gasteiger partial charge on any atom is -0.366 e. The van der Waals surface area contributed by atoms with Crippen LogP contribution in [0.5, 0.6) is 0 Å². The number of hydrogen-bond acceptors (Lipinski definition) is 3. The Kier molecular flexibility index (Phi) is 5.49. The van der Waals surface area contributed by atoms with E-state index in [0.717, 1.165) is 11.1 Å². The molecule has 2 aromatic carbocycles. The predicted molar refractivity (Wildman–Crippen MR) is 102 cm³/mol. The SMILES string of the molecule is Cc1ccc(NC(=O)c2ccnc(NCc3ccc(F)cc3)c2)cc1Cl. The monoisotopic (exact) mass is 369 g/mol. The summed E-state index contributed by atoms with van der Waals surface area (Å²) in [6.07, 6.45) is 1.56. The summed E-state index contributed by atoms with van der Waals surface area (Å²) >= 11 is 6.08. The first-order chi connectivity index (χ1) is 12.5. The second-order valence-corrected chi connectivity index (χ2v) is 6.24. The van der Waals surface area contributed by atoms with Gasteiger partial charge >= 0.3 is 0 Å². The molecule has 0 spiro atoms. The molecule has 0 fully saturated rings. The van der Waals surface area contributed by atoms with E-state index in [1.54, 1.807) is 42.6 Å². The molecule has 26 heavy (non-hydrogen) atoms. The summed E-state index contributed by atoms with van der Waals surface area (Å²) in [5.74, 6) is 0.0304. The zero-order chi connectivity index (χ0) is 18.5. The van der Waals surface area contributed by atoms with E-state index >= 15 is 0 Å². The molecule has 3 rings (SSSR count). The number of anilines is 2. The number of carbonyl (C=O) groups is 1. The van der Waals surface area contributed by atoms with E-state index in [1.807, 2.05) is 13.0 Å². The third-order valence-corrected chi connectivity index (χ3v) is 4.25. The third-order valence-electron chi connectivity index (χ3n) is 3.84. The van der Waals surface area contributed by atoms with Crippen LogP contribution >= 0.6 is 11.6 Å². The Morgan fingerprint density at radius 3 is 2.62 bits per heavy atom. The lowest BCUT2D eigenvalue weighted by Crippen LogP contribution is -2.13. The van der Waals surface area contributed by atoms with Gasteiger partial charge in [-0.2, -0.15) is 0 Å². The Balaban J connectivity index is 1.66. The first-order valence-corrected chi connectivity index (χ1v) is 8.41. The molecule has 1 aromatic heterocycles. The zero-order valence-electron chi connectivity index (χ0n) is 14.1. The molecule has 0 radical (unpaired) electrons. The van der Waals surface area contributed by atoms with Gasteiger partial charge in [-0.15, -0.1) is 0 Å². The van der Waals surface area contributed by atoms with Crippen LogP contribution in [-0.2, 0) is 6.54 Å². The fourth-order valence-electron chi connectivity index (χ4n) is 2.34. The number of halogens is 2. The van der Waals surface area contributed by atoms with Crippen LogP contribution in [0.4, 0.5) is 15.9 Å². The van der Waals surface area contributed by atoms with E-state index in [0.29, 0.717) is 28.6 Å². The highest BCUT2D eigenvalue weighted by Crippen LogP contribution is 2.20. The number of nitrogens with one attached hydrogen (secondary N) is 2. The maximum atomic E-state index is 12.9. The molecule has 1 amide bonds. The van der Waals surface area contributed by atoms with Crippen molar-refractivity contribution in [3.05, 3.63) is 88.3 Å². The summed E-state index contributed by atoms with van der Waals surface area (Å²) in [5.41, 5.74) is 2.96. The molecule has 0 atom stereocenters. The molecule has 6 heteroatoms. The first-order valence-electron chi connectivity index (χ1n) is 8.03. The highest BCUT2D eigenvalue weighted by Gasteiger charge is 2.08. The second kappa shape index (κ2) is 7.97. The van der Waals surface area contributed by atoms with Crippen molar-refractivity contribution in [2.45, 2.75) is 13.5 Å². The summed E-state index contributed by atoms with van der Waals surface area (Å²) < 4.78 is 12.9. The Morgan fingerprint density at radius 2 is 1.88 bits per heavy atom. The normalized spacial score (nSPS) is 10.4. The minimum atomic E-state index is -0.276. The van der Waals surface area contributed by atoms with Crippen LogP contribution in [0.25, 0.3) is 0 Å². The molecule has 0 aliphatic carbocycles. The quantitative estimate of drug-likeness (QED) is 0.662. The topological polar surface area (TPSA) is 54.0 Å². The van der Waals surface area contributed by atoms with Gasteiger partial charge < -0.3 is 10.6 Å². The van der Waals surface area contributed by atoms with Gasteiger partial charge in [0.1, 0.15) is 11.6 Å². The van der Waals surface area contributed by atoms with E-state index in [1.165, 1.54) is 12.1 Å². The van der Waals surface area contributed by atoms with E-state index < -0.39 is 0 Å². The van der Waals surface area contributed by atoms with Crippen LogP contribution in [-0.4, -0.2) is 10.9 Å². The molecule has 0 bridgehead atoms. The smallest absolute Gasteiger partial charge is 0.255 e. The van der Waals surface area contributed by atoms with Crippen LogP contribution in [0.1, 0.15) is 21.5 Å². The van der Waals surface area contributed by atoms with Crippen LogP contribution in [0, 0.1) is 12.7 Å². The number of benzene rings is 2. The van der Waals surface area contributed by atoms with E-state index in [2.05, 4.69) is 15.6 Å². The summed E-state index contributed by atoms with van der Waals surface area (Å²) in [6.45, 7) is 2.38. The van der Waals surface area contributed by atoms with E-state index in [-0.39, 0.29) is 11.7 Å². The molecule has 0 saturated heterocycles. The number of nitrogens with zero attached hydrogens (tertiary/aromatic N) is 1. The molecule has 3 aromatic rings. The van der Waals surface area contributed by atoms with Gasteiger partial charge in [0, 0.05) is 29.0 Å². The van der Waals surface area contributed by atoms with Crippen LogP contribution < -0.4 is 10.6 Å². The maximum absolute atomic E-state index is 12.9. The minimum absolute atomic E-state index is 0.253. The van der Waals surface area contributed by atoms with Gasteiger partial charge in [0.2, 0.25) is 0 Å². The fraction of sp³-hybridized carbons (Fsp3) is 0.100. The lowest BCUT2D eigenvalue weighted by atomic mass is 10.2. The number of aryl methyl sites for hydroxylation is 1. The number of rotatable bonds is 5. The number of hydrogen-bond donors (Lipinski definition) is 2. The summed E-state index contributed by atoms with van der Waals surface area (Å²) in [5, 5.41) is 6.53. The Labute approximate surface area is 156 Å². The van der Waals surface area contributed by atoms with Crippen molar-refractivity contribution in [1.82, 2.24) is 4.98 Å². The van der Waals surface area contributed by atoms with Gasteiger partial charge in [-0.1, -0.05) is 29.8 Å². The molecular formula is C20H17ClFN3O. The summed E-state index contributed by atoms with van der Waals surface area (Å²) in [4.78, 5) is 16.6. The number of amides is 1. The molecule has 0 aliphatic rings. The van der Waals surface area contributed by atoms with Crippen molar-refractivity contribution in [1.29, 1.82) is 0 Å². The van der Waals surface area contributed by atoms with E-state index in [4.69, 9.17) is 11.6 Å². The van der Waals surface area contributed by atoms with Crippen molar-refractivity contribution in [2.75, 3.05) is 10.6 Å². The molecule has 0 unspecified atom stereocenters. The summed E-state index contributed by atoms with van der Waals surface area (Å²) in [6, 6.07) is 14.8. The van der Waals surface area contributed by atoms with Gasteiger partial charge in [0.15, 0.2) is 0 Å². The number of aromatic nitrogens is 1. The van der Waals surface area contributed by atoms with Crippen LogP contribution in [0.2, 0.25) is 5.02 Å². The lowest BCUT2D eigenvalue weighted by Gasteiger charge is -2.09. The van der Waals surface area contributed by atoms with Gasteiger partial charge in [0.05, 0.1) is 0 Å². The average Bonchev–Trinajstić information content (AvgIpc) is 2.64. The van der Waals surface area contributed by atoms with Crippen molar-refractivity contribution in [2.24, 2.45) is 0 Å². The molecule has 4 nitrogen and oxygen atoms in total. The van der Waals surface area contributed by atoms with E-state index in [9.17, 15) is 9.18 Å². The van der Waals surface area contributed by atoms with Gasteiger partial charge in [-0.25, -0.2) is 9.37 Å². The predicted octanol–water partition coefficient (Wildman–Crippen LogP) is 5.05. The summed E-state index contributed by atoms with van der Waals surface area (Å²) in [7, 11) is 0. The second-order valence-electron chi connectivity index (χ2n) is 5.83. The van der Waals surface area contributed by atoms with Gasteiger partial charge in [-0.3, -0.25) is 4.79 Å². The molecule has 2 N–H and O–H groups in total. The number of pyridine rings is 1. The Morgan fingerprint density at radius 1 is 1.12 bits per heavy atom. The Hall–Kier alpha value is -2.92. The largest absolute Gasteiger partial charge is 0.366 e. The third kappa shape index (κ3) is 4.58. The van der Waals surface area contributed by atoms with Gasteiger partial charge in [0.25, 0.3) is 5.91 Å². The molecule has 0 aliphatic heterocycles. The van der Waals surface area contributed by atoms with Crippen LogP contribution in [0.15, 0.2) is 60.8 Å². The zero-order valence-corrected chi connectivity index (χ0v) is 14.8. The molecular weight excluding hydrogens is 353 g/mol. The van der Waals surface area contributed by atoms with Crippen LogP contribution in [0.3, 0.4) is 0 Å². The standard InChI is InChI=1S/C20H17ClFN3O/c1-13-2-7-17(11-18(13)21)25-20(26)15-8-9-23-19(10-15)24-12-14-3-5-16(22)6-4-14/h2-11H,12H2,1H3,(H,23,24)(H,25,26). The highest BCUT2D eigenvalue weighted by molar-refractivity contribution is 6.31. The number of carbonyl (C=O) groups excluding carboxylic acids is 1. The molecule has 1 heterocycles. The maximum Gasteiger partial charge on any atom is 0.255 e. The van der Waals surface area contributed by atoms with Crippen molar-refractivity contribution in [3.63, 3.8) is 0 Å². The van der Waals surface area contributed by atoms with Crippen molar-refractivity contribution >= 4 is 29.0 Å². The first kappa shape index (κ1) is 17.9. The van der Waals surface area contributed by atoms with Crippen molar-refractivity contribution in [3.8, 4) is 0 Å². The average molecular weight is 370 g/mol. The highest BCUT2D eigenvalue weighted by atomic mass is 35.5. The van der Waals surface area contributed by atoms with Crippen molar-refractivity contribution < 1.29 is 9.18 Å². The lowest BCUT2D eigenvalue weighted by molar-refractivity contribution is 0.102. The van der Waals surface area contributed by atoms with Gasteiger partial charge in [-0.05, 0) is 54.4 Å². The molecule has 0 saturated carbocycles. The Bertz CT molecular complexity index is 929. The molecule has 132 valence electrons. The fourth-order valence-corrected chi connectivity index (χ4v) is 2.52.